The summed E-state index contributed by atoms with van der Waals surface area (Å²) in [4.78, 5) is 0. The molecule has 3 N–H and O–H groups in total. The van der Waals surface area contributed by atoms with Crippen molar-refractivity contribution >= 4 is 5.69 Å². The lowest BCUT2D eigenvalue weighted by molar-refractivity contribution is 0.497. The van der Waals surface area contributed by atoms with Crippen molar-refractivity contribution in [1.82, 2.24) is 5.32 Å². The van der Waals surface area contributed by atoms with Crippen LogP contribution in [0.15, 0.2) is 24.3 Å². The summed E-state index contributed by atoms with van der Waals surface area (Å²) in [6.07, 6.45) is 6.77. The second-order valence-corrected chi connectivity index (χ2v) is 5.29. The van der Waals surface area contributed by atoms with Gasteiger partial charge in [0.1, 0.15) is 0 Å². The Morgan fingerprint density at radius 2 is 1.88 bits per heavy atom. The minimum Gasteiger partial charge on any atom is -0.399 e. The molecule has 2 rings (SSSR count). The van der Waals surface area contributed by atoms with E-state index in [2.05, 4.69) is 24.4 Å². The van der Waals surface area contributed by atoms with E-state index < -0.39 is 0 Å². The van der Waals surface area contributed by atoms with Gasteiger partial charge in [-0.15, -0.1) is 0 Å². The molecule has 0 spiro atoms. The zero-order valence-electron chi connectivity index (χ0n) is 10.8. The van der Waals surface area contributed by atoms with Crippen LogP contribution in [0.2, 0.25) is 0 Å². The summed E-state index contributed by atoms with van der Waals surface area (Å²) in [7, 11) is 0. The molecule has 1 saturated carbocycles. The van der Waals surface area contributed by atoms with E-state index in [1.807, 2.05) is 12.1 Å². The molecular weight excluding hydrogens is 208 g/mol. The first kappa shape index (κ1) is 12.4. The van der Waals surface area contributed by atoms with Gasteiger partial charge in [-0.05, 0) is 49.4 Å². The van der Waals surface area contributed by atoms with E-state index in [1.54, 1.807) is 0 Å². The quantitative estimate of drug-likeness (QED) is 0.764. The predicted molar refractivity (Wildman–Crippen MR) is 74.1 cm³/mol. The van der Waals surface area contributed by atoms with Gasteiger partial charge in [-0.3, -0.25) is 0 Å². The summed E-state index contributed by atoms with van der Waals surface area (Å²) in [5.74, 6) is 0.615. The van der Waals surface area contributed by atoms with Gasteiger partial charge in [0, 0.05) is 11.7 Å². The molecule has 2 nitrogen and oxygen atoms in total. The maximum absolute atomic E-state index is 5.70. The van der Waals surface area contributed by atoms with Crippen LogP contribution in [-0.2, 0) is 0 Å². The molecule has 17 heavy (non-hydrogen) atoms. The van der Waals surface area contributed by atoms with Gasteiger partial charge in [-0.25, -0.2) is 0 Å². The van der Waals surface area contributed by atoms with Crippen LogP contribution in [-0.4, -0.2) is 12.6 Å². The fraction of sp³-hybridized carbons (Fsp3) is 0.600. The molecule has 1 unspecified atom stereocenters. The highest BCUT2D eigenvalue weighted by atomic mass is 14.9. The van der Waals surface area contributed by atoms with Crippen LogP contribution in [0.3, 0.4) is 0 Å². The van der Waals surface area contributed by atoms with Crippen LogP contribution in [0.25, 0.3) is 0 Å². The number of nitrogens with two attached hydrogens (primary N) is 1. The van der Waals surface area contributed by atoms with Gasteiger partial charge in [-0.2, -0.15) is 0 Å². The van der Waals surface area contributed by atoms with Gasteiger partial charge in [0.25, 0.3) is 0 Å². The summed E-state index contributed by atoms with van der Waals surface area (Å²) in [6.45, 7) is 3.43. The summed E-state index contributed by atoms with van der Waals surface area (Å²) < 4.78 is 0. The highest BCUT2D eigenvalue weighted by molar-refractivity contribution is 5.40. The lowest BCUT2D eigenvalue weighted by atomic mass is 9.97. The largest absolute Gasteiger partial charge is 0.399 e. The van der Waals surface area contributed by atoms with E-state index in [0.717, 1.165) is 18.3 Å². The molecular formula is C15H24N2. The van der Waals surface area contributed by atoms with Crippen molar-refractivity contribution in [2.45, 2.75) is 51.0 Å². The third kappa shape index (κ3) is 3.74. The van der Waals surface area contributed by atoms with E-state index in [-0.39, 0.29) is 0 Å². The Morgan fingerprint density at radius 1 is 1.24 bits per heavy atom. The van der Waals surface area contributed by atoms with E-state index in [9.17, 15) is 0 Å². The first-order valence-corrected chi connectivity index (χ1v) is 6.84. The second kappa shape index (κ2) is 6.06. The van der Waals surface area contributed by atoms with Crippen LogP contribution < -0.4 is 11.1 Å². The summed E-state index contributed by atoms with van der Waals surface area (Å²) in [5, 5.41) is 3.67. The van der Waals surface area contributed by atoms with Gasteiger partial charge in [-0.1, -0.05) is 31.9 Å². The zero-order chi connectivity index (χ0) is 12.1. The molecule has 94 valence electrons. The van der Waals surface area contributed by atoms with Gasteiger partial charge < -0.3 is 11.1 Å². The van der Waals surface area contributed by atoms with Crippen molar-refractivity contribution in [1.29, 1.82) is 0 Å². The maximum atomic E-state index is 5.70. The molecule has 2 heteroatoms. The zero-order valence-corrected chi connectivity index (χ0v) is 10.8. The maximum Gasteiger partial charge on any atom is 0.0314 e. The SMILES string of the molecule is CC(CCNC1CCCC1)c1ccc(N)cc1. The van der Waals surface area contributed by atoms with Crippen LogP contribution in [0.1, 0.15) is 50.5 Å². The Morgan fingerprint density at radius 3 is 2.53 bits per heavy atom. The van der Waals surface area contributed by atoms with Crippen molar-refractivity contribution in [2.24, 2.45) is 0 Å². The minimum absolute atomic E-state index is 0.615. The first-order valence-electron chi connectivity index (χ1n) is 6.84. The Labute approximate surface area is 105 Å². The molecule has 0 radical (unpaired) electrons. The monoisotopic (exact) mass is 232 g/mol. The van der Waals surface area contributed by atoms with Crippen molar-refractivity contribution in [3.63, 3.8) is 0 Å². The molecule has 0 bridgehead atoms. The number of hydrogen-bond donors (Lipinski definition) is 2. The normalized spacial score (nSPS) is 18.4. The van der Waals surface area contributed by atoms with Crippen LogP contribution in [0.4, 0.5) is 5.69 Å². The Balaban J connectivity index is 1.72. The highest BCUT2D eigenvalue weighted by Gasteiger charge is 2.14. The molecule has 1 atom stereocenters. The average molecular weight is 232 g/mol. The minimum atomic E-state index is 0.615. The molecule has 0 heterocycles. The fourth-order valence-electron chi connectivity index (χ4n) is 2.63. The van der Waals surface area contributed by atoms with Crippen molar-refractivity contribution in [3.05, 3.63) is 29.8 Å². The molecule has 1 aromatic carbocycles. The Kier molecular flexibility index (Phi) is 4.43. The molecule has 1 fully saturated rings. The topological polar surface area (TPSA) is 38.0 Å². The smallest absolute Gasteiger partial charge is 0.0314 e. The molecule has 0 aliphatic heterocycles. The number of rotatable bonds is 5. The third-order valence-electron chi connectivity index (χ3n) is 3.87. The molecule has 1 aliphatic rings. The number of nitrogens with one attached hydrogen (secondary N) is 1. The van der Waals surface area contributed by atoms with E-state index in [4.69, 9.17) is 5.73 Å². The van der Waals surface area contributed by atoms with Gasteiger partial charge in [0.2, 0.25) is 0 Å². The van der Waals surface area contributed by atoms with Gasteiger partial charge in [0.15, 0.2) is 0 Å². The predicted octanol–water partition coefficient (Wildman–Crippen LogP) is 3.29. The number of nitrogen functional groups attached to an aromatic ring is 1. The van der Waals surface area contributed by atoms with Crippen molar-refractivity contribution < 1.29 is 0 Å². The first-order chi connectivity index (χ1) is 8.25. The number of anilines is 1. The average Bonchev–Trinajstić information content (AvgIpc) is 2.83. The fourth-order valence-corrected chi connectivity index (χ4v) is 2.63. The van der Waals surface area contributed by atoms with E-state index in [1.165, 1.54) is 37.7 Å². The lowest BCUT2D eigenvalue weighted by Gasteiger charge is -2.15. The number of hydrogen-bond acceptors (Lipinski definition) is 2. The van der Waals surface area contributed by atoms with Crippen LogP contribution in [0.5, 0.6) is 0 Å². The van der Waals surface area contributed by atoms with E-state index in [0.29, 0.717) is 5.92 Å². The molecule has 0 saturated heterocycles. The third-order valence-corrected chi connectivity index (χ3v) is 3.87. The van der Waals surface area contributed by atoms with Gasteiger partial charge >= 0.3 is 0 Å². The standard InChI is InChI=1S/C15H24N2/c1-12(13-6-8-14(16)9-7-13)10-11-17-15-4-2-3-5-15/h6-9,12,15,17H,2-5,10-11,16H2,1H3. The Bertz CT molecular complexity index is 325. The molecule has 1 aliphatic carbocycles. The summed E-state index contributed by atoms with van der Waals surface area (Å²) in [6, 6.07) is 9.08. The second-order valence-electron chi connectivity index (χ2n) is 5.29. The number of benzene rings is 1. The lowest BCUT2D eigenvalue weighted by Crippen LogP contribution is -2.27. The van der Waals surface area contributed by atoms with Gasteiger partial charge in [0.05, 0.1) is 0 Å². The van der Waals surface area contributed by atoms with Crippen molar-refractivity contribution in [2.75, 3.05) is 12.3 Å². The summed E-state index contributed by atoms with van der Waals surface area (Å²) in [5.41, 5.74) is 7.94. The van der Waals surface area contributed by atoms with Crippen LogP contribution >= 0.6 is 0 Å². The highest BCUT2D eigenvalue weighted by Crippen LogP contribution is 2.21. The van der Waals surface area contributed by atoms with Crippen molar-refractivity contribution in [3.8, 4) is 0 Å². The molecule has 0 amide bonds. The molecule has 1 aromatic rings. The summed E-state index contributed by atoms with van der Waals surface area (Å²) >= 11 is 0. The molecule has 0 aromatic heterocycles. The van der Waals surface area contributed by atoms with Crippen LogP contribution in [0, 0.1) is 0 Å². The Hall–Kier alpha value is -1.02. The van der Waals surface area contributed by atoms with E-state index >= 15 is 0 Å².